The lowest BCUT2D eigenvalue weighted by Crippen LogP contribution is -2.43. The lowest BCUT2D eigenvalue weighted by Gasteiger charge is -2.25. The number of methoxy groups -OCH3 is 1. The van der Waals surface area contributed by atoms with Crippen molar-refractivity contribution in [1.82, 2.24) is 5.32 Å². The molecular weight excluding hydrogens is 280 g/mol. The van der Waals surface area contributed by atoms with Crippen molar-refractivity contribution in [2.24, 2.45) is 0 Å². The Hall–Kier alpha value is -1.46. The first-order chi connectivity index (χ1) is 9.44. The van der Waals surface area contributed by atoms with Gasteiger partial charge in [0.2, 0.25) is 0 Å². The monoisotopic (exact) mass is 300 g/mol. The molecule has 6 heteroatoms. The van der Waals surface area contributed by atoms with Crippen molar-refractivity contribution in [3.05, 3.63) is 23.2 Å². The van der Waals surface area contributed by atoms with E-state index in [-0.39, 0.29) is 12.6 Å². The van der Waals surface area contributed by atoms with Gasteiger partial charge in [0.05, 0.1) is 17.7 Å². The van der Waals surface area contributed by atoms with Crippen LogP contribution in [-0.2, 0) is 0 Å². The van der Waals surface area contributed by atoms with Crippen LogP contribution in [0.4, 0.5) is 10.5 Å². The highest BCUT2D eigenvalue weighted by Crippen LogP contribution is 2.27. The van der Waals surface area contributed by atoms with Crippen molar-refractivity contribution in [3.63, 3.8) is 0 Å². The van der Waals surface area contributed by atoms with E-state index in [4.69, 9.17) is 16.3 Å². The second-order valence-corrected chi connectivity index (χ2v) is 5.00. The third kappa shape index (κ3) is 4.58. The Kier molecular flexibility index (Phi) is 6.10. The van der Waals surface area contributed by atoms with Gasteiger partial charge < -0.3 is 20.5 Å². The molecule has 3 N–H and O–H groups in total. The van der Waals surface area contributed by atoms with Crippen LogP contribution in [0.25, 0.3) is 0 Å². The largest absolute Gasteiger partial charge is 0.495 e. The lowest BCUT2D eigenvalue weighted by molar-refractivity contribution is 0.0354. The molecule has 0 aromatic heterocycles. The molecule has 0 radical (unpaired) electrons. The Morgan fingerprint density at radius 2 is 2.05 bits per heavy atom. The van der Waals surface area contributed by atoms with E-state index < -0.39 is 5.60 Å². The maximum Gasteiger partial charge on any atom is 0.319 e. The third-order valence-corrected chi connectivity index (χ3v) is 3.60. The second-order valence-electron chi connectivity index (χ2n) is 4.59. The van der Waals surface area contributed by atoms with Gasteiger partial charge in [0.1, 0.15) is 5.75 Å². The number of halogens is 1. The molecule has 2 amide bonds. The number of hydrogen-bond donors (Lipinski definition) is 3. The number of rotatable bonds is 6. The van der Waals surface area contributed by atoms with Crippen molar-refractivity contribution < 1.29 is 14.6 Å². The van der Waals surface area contributed by atoms with Gasteiger partial charge in [-0.25, -0.2) is 4.79 Å². The molecule has 0 bridgehead atoms. The first-order valence-electron chi connectivity index (χ1n) is 6.55. The Balaban J connectivity index is 2.56. The average molecular weight is 301 g/mol. The van der Waals surface area contributed by atoms with Crippen LogP contribution in [-0.4, -0.2) is 30.4 Å². The van der Waals surface area contributed by atoms with Gasteiger partial charge in [0.15, 0.2) is 0 Å². The highest BCUT2D eigenvalue weighted by molar-refractivity contribution is 6.32. The summed E-state index contributed by atoms with van der Waals surface area (Å²) in [5.41, 5.74) is -0.306. The maximum absolute atomic E-state index is 11.7. The van der Waals surface area contributed by atoms with Crippen LogP contribution in [0.1, 0.15) is 26.7 Å². The van der Waals surface area contributed by atoms with Crippen LogP contribution in [0.3, 0.4) is 0 Å². The molecule has 1 aromatic carbocycles. The minimum atomic E-state index is -0.866. The van der Waals surface area contributed by atoms with Crippen LogP contribution in [0.15, 0.2) is 18.2 Å². The number of aliphatic hydroxyl groups is 1. The fourth-order valence-electron chi connectivity index (χ4n) is 1.66. The summed E-state index contributed by atoms with van der Waals surface area (Å²) in [4.78, 5) is 11.7. The highest BCUT2D eigenvalue weighted by Gasteiger charge is 2.22. The predicted octanol–water partition coefficient (Wildman–Crippen LogP) is 3.02. The molecule has 0 aliphatic heterocycles. The number of carbonyl (C=O) groups excluding carboxylic acids is 1. The van der Waals surface area contributed by atoms with Crippen molar-refractivity contribution in [2.75, 3.05) is 19.0 Å². The van der Waals surface area contributed by atoms with E-state index in [1.54, 1.807) is 18.2 Å². The fourth-order valence-corrected chi connectivity index (χ4v) is 1.92. The van der Waals surface area contributed by atoms with Crippen LogP contribution in [0, 0.1) is 0 Å². The van der Waals surface area contributed by atoms with Crippen LogP contribution < -0.4 is 15.4 Å². The number of ether oxygens (including phenoxy) is 1. The number of hydrogen-bond acceptors (Lipinski definition) is 3. The van der Waals surface area contributed by atoms with E-state index in [9.17, 15) is 9.90 Å². The summed E-state index contributed by atoms with van der Waals surface area (Å²) in [6.07, 6.45) is 1.16. The average Bonchev–Trinajstić information content (AvgIpc) is 2.45. The molecule has 0 atom stereocenters. The molecule has 0 aliphatic rings. The SMILES string of the molecule is CCC(O)(CC)CNC(=O)Nc1ccc(OC)c(Cl)c1. The van der Waals surface area contributed by atoms with Gasteiger partial charge in [-0.05, 0) is 31.0 Å². The molecule has 5 nitrogen and oxygen atoms in total. The van der Waals surface area contributed by atoms with Crippen molar-refractivity contribution in [3.8, 4) is 5.75 Å². The lowest BCUT2D eigenvalue weighted by atomic mass is 9.98. The first-order valence-corrected chi connectivity index (χ1v) is 6.92. The summed E-state index contributed by atoms with van der Waals surface area (Å²) in [6, 6.07) is 4.58. The summed E-state index contributed by atoms with van der Waals surface area (Å²) in [7, 11) is 1.53. The van der Waals surface area contributed by atoms with E-state index in [0.717, 1.165) is 0 Å². The van der Waals surface area contributed by atoms with Gasteiger partial charge in [0.25, 0.3) is 0 Å². The van der Waals surface area contributed by atoms with Crippen LogP contribution >= 0.6 is 11.6 Å². The number of benzene rings is 1. The molecule has 1 aromatic rings. The van der Waals surface area contributed by atoms with Gasteiger partial charge >= 0.3 is 6.03 Å². The third-order valence-electron chi connectivity index (χ3n) is 3.30. The standard InChI is InChI=1S/C14H21ClN2O3/c1-4-14(19,5-2)9-16-13(18)17-10-6-7-12(20-3)11(15)8-10/h6-8,19H,4-5,9H2,1-3H3,(H2,16,17,18). The van der Waals surface area contributed by atoms with E-state index in [1.807, 2.05) is 13.8 Å². The zero-order valence-corrected chi connectivity index (χ0v) is 12.8. The molecular formula is C14H21ClN2O3. The Bertz CT molecular complexity index is 462. The molecule has 0 saturated heterocycles. The molecule has 1 rings (SSSR count). The number of carbonyl (C=O) groups is 1. The molecule has 0 unspecified atom stereocenters. The van der Waals surface area contributed by atoms with Gasteiger partial charge in [-0.15, -0.1) is 0 Å². The summed E-state index contributed by atoms with van der Waals surface area (Å²) in [5, 5.41) is 15.8. The minimum Gasteiger partial charge on any atom is -0.495 e. The molecule has 112 valence electrons. The van der Waals surface area contributed by atoms with E-state index in [1.165, 1.54) is 7.11 Å². The topological polar surface area (TPSA) is 70.6 Å². The zero-order chi connectivity index (χ0) is 15.2. The van der Waals surface area contributed by atoms with Gasteiger partial charge in [-0.2, -0.15) is 0 Å². The molecule has 0 fully saturated rings. The quantitative estimate of drug-likeness (QED) is 0.756. The van der Waals surface area contributed by atoms with Gasteiger partial charge in [-0.1, -0.05) is 25.4 Å². The van der Waals surface area contributed by atoms with Gasteiger partial charge in [0, 0.05) is 12.2 Å². The molecule has 0 heterocycles. The second kappa shape index (κ2) is 7.36. The smallest absolute Gasteiger partial charge is 0.319 e. The van der Waals surface area contributed by atoms with E-state index >= 15 is 0 Å². The van der Waals surface area contributed by atoms with E-state index in [0.29, 0.717) is 29.3 Å². The predicted molar refractivity (Wildman–Crippen MR) is 80.6 cm³/mol. The summed E-state index contributed by atoms with van der Waals surface area (Å²) < 4.78 is 5.03. The number of nitrogens with one attached hydrogen (secondary N) is 2. The molecule has 0 spiro atoms. The number of amides is 2. The summed E-state index contributed by atoms with van der Waals surface area (Å²) in [5.74, 6) is 0.545. The number of urea groups is 1. The Morgan fingerprint density at radius 3 is 2.55 bits per heavy atom. The van der Waals surface area contributed by atoms with E-state index in [2.05, 4.69) is 10.6 Å². The minimum absolute atomic E-state index is 0.204. The van der Waals surface area contributed by atoms with Crippen LogP contribution in [0.5, 0.6) is 5.75 Å². The Morgan fingerprint density at radius 1 is 1.40 bits per heavy atom. The van der Waals surface area contributed by atoms with Crippen molar-refractivity contribution in [2.45, 2.75) is 32.3 Å². The maximum atomic E-state index is 11.7. The van der Waals surface area contributed by atoms with Crippen molar-refractivity contribution in [1.29, 1.82) is 0 Å². The molecule has 0 saturated carbocycles. The summed E-state index contributed by atoms with van der Waals surface area (Å²) in [6.45, 7) is 3.97. The molecule has 20 heavy (non-hydrogen) atoms. The number of anilines is 1. The molecule has 0 aliphatic carbocycles. The fraction of sp³-hybridized carbons (Fsp3) is 0.500. The van der Waals surface area contributed by atoms with Crippen molar-refractivity contribution >= 4 is 23.3 Å². The Labute approximate surface area is 124 Å². The highest BCUT2D eigenvalue weighted by atomic mass is 35.5. The van der Waals surface area contributed by atoms with Gasteiger partial charge in [-0.3, -0.25) is 0 Å². The van der Waals surface area contributed by atoms with Crippen LogP contribution in [0.2, 0.25) is 5.02 Å². The zero-order valence-electron chi connectivity index (χ0n) is 12.0. The summed E-state index contributed by atoms with van der Waals surface area (Å²) >= 11 is 5.97. The normalized spacial score (nSPS) is 11.1. The first kappa shape index (κ1) is 16.6.